The van der Waals surface area contributed by atoms with Gasteiger partial charge in [-0.25, -0.2) is 17.9 Å². The number of nitrogens with one attached hydrogen (secondary N) is 2. The summed E-state index contributed by atoms with van der Waals surface area (Å²) in [5.74, 6) is 1.16. The number of urea groups is 1. The highest BCUT2D eigenvalue weighted by molar-refractivity contribution is 7.89. The lowest BCUT2D eigenvalue weighted by atomic mass is 10.2. The van der Waals surface area contributed by atoms with Gasteiger partial charge in [0.25, 0.3) is 0 Å². The first-order chi connectivity index (χ1) is 19.0. The van der Waals surface area contributed by atoms with E-state index in [9.17, 15) is 26.4 Å². The average Bonchev–Trinajstić information content (AvgIpc) is 2.92. The van der Waals surface area contributed by atoms with Crippen molar-refractivity contribution in [2.45, 2.75) is 18.0 Å². The first-order valence-electron chi connectivity index (χ1n) is 12.2. The van der Waals surface area contributed by atoms with Gasteiger partial charge >= 0.3 is 12.2 Å². The van der Waals surface area contributed by atoms with Gasteiger partial charge in [-0.3, -0.25) is 4.90 Å². The van der Waals surface area contributed by atoms with E-state index in [1.54, 1.807) is 54.6 Å². The number of carbonyl (C=O) groups excluding carboxylic acids is 1. The molecular weight excluding hydrogens is 543 g/mol. The Hall–Kier alpha value is -4.35. The Balaban J connectivity index is 1.51. The van der Waals surface area contributed by atoms with Crippen LogP contribution in [0.1, 0.15) is 11.1 Å². The monoisotopic (exact) mass is 569 g/mol. The van der Waals surface area contributed by atoms with Crippen molar-refractivity contribution in [2.75, 3.05) is 23.3 Å². The number of amides is 2. The maximum Gasteiger partial charge on any atom is 0.416 e. The first-order valence-corrected chi connectivity index (χ1v) is 13.6. The number of para-hydroxylation sites is 1. The van der Waals surface area contributed by atoms with Crippen molar-refractivity contribution in [1.29, 1.82) is 0 Å². The molecule has 0 aliphatic heterocycles. The zero-order valence-corrected chi connectivity index (χ0v) is 22.2. The zero-order valence-electron chi connectivity index (χ0n) is 21.4. The third-order valence-electron chi connectivity index (χ3n) is 5.74. The highest BCUT2D eigenvalue weighted by Crippen LogP contribution is 2.30. The van der Waals surface area contributed by atoms with Crippen molar-refractivity contribution in [2.24, 2.45) is 0 Å². The number of halogens is 3. The molecule has 4 rings (SSSR count). The van der Waals surface area contributed by atoms with Crippen molar-refractivity contribution in [3.05, 3.63) is 114 Å². The third-order valence-corrected chi connectivity index (χ3v) is 7.20. The van der Waals surface area contributed by atoms with Crippen molar-refractivity contribution in [3.63, 3.8) is 0 Å². The number of carbonyl (C=O) groups is 1. The van der Waals surface area contributed by atoms with Crippen LogP contribution in [0.3, 0.4) is 0 Å². The third kappa shape index (κ3) is 7.61. The fourth-order valence-corrected chi connectivity index (χ4v) is 4.86. The van der Waals surface area contributed by atoms with Crippen molar-refractivity contribution < 1.29 is 31.1 Å². The maximum atomic E-state index is 13.3. The summed E-state index contributed by atoms with van der Waals surface area (Å²) in [5, 5.41) is 2.79. The molecule has 0 fully saturated rings. The second-order valence-electron chi connectivity index (χ2n) is 8.78. The van der Waals surface area contributed by atoms with Crippen molar-refractivity contribution in [1.82, 2.24) is 4.72 Å². The van der Waals surface area contributed by atoms with Gasteiger partial charge in [0.05, 0.1) is 10.5 Å². The molecule has 4 aromatic rings. The fraction of sp³-hybridized carbons (Fsp3) is 0.138. The van der Waals surface area contributed by atoms with Gasteiger partial charge in [-0.1, -0.05) is 36.4 Å². The van der Waals surface area contributed by atoms with E-state index >= 15 is 0 Å². The van der Waals surface area contributed by atoms with Crippen LogP contribution in [-0.4, -0.2) is 27.5 Å². The van der Waals surface area contributed by atoms with E-state index < -0.39 is 32.7 Å². The summed E-state index contributed by atoms with van der Waals surface area (Å²) < 4.78 is 72.8. The highest BCUT2D eigenvalue weighted by Gasteiger charge is 2.31. The molecule has 0 atom stereocenters. The molecule has 0 aromatic heterocycles. The molecule has 0 spiro atoms. The largest absolute Gasteiger partial charge is 0.457 e. The van der Waals surface area contributed by atoms with Crippen LogP contribution < -0.4 is 19.7 Å². The predicted octanol–water partition coefficient (Wildman–Crippen LogP) is 6.82. The highest BCUT2D eigenvalue weighted by atomic mass is 32.2. The molecule has 0 saturated heterocycles. The van der Waals surface area contributed by atoms with Crippen molar-refractivity contribution >= 4 is 27.4 Å². The number of aryl methyl sites for hydroxylation is 1. The predicted molar refractivity (Wildman–Crippen MR) is 147 cm³/mol. The molecule has 0 aliphatic carbocycles. The number of nitrogens with zero attached hydrogens (tertiary/aromatic N) is 1. The van der Waals surface area contributed by atoms with E-state index in [4.69, 9.17) is 4.74 Å². The van der Waals surface area contributed by atoms with Crippen LogP contribution in [0.15, 0.2) is 108 Å². The molecule has 0 bridgehead atoms. The van der Waals surface area contributed by atoms with Crippen LogP contribution in [0.5, 0.6) is 11.5 Å². The standard InChI is InChI=1S/C29H26F3N3O4S/c1-21-7-5-9-23(19-21)34-28(36)35(24-13-15-26(16-14-24)39-25-10-3-2-4-11-25)18-17-33-40(37,38)27-12-6-8-22(20-27)29(30,31)32/h2-16,19-20,33H,17-18H2,1H3,(H,34,36). The molecule has 7 nitrogen and oxygen atoms in total. The van der Waals surface area contributed by atoms with Gasteiger partial charge in [0.1, 0.15) is 11.5 Å². The number of hydrogen-bond acceptors (Lipinski definition) is 4. The van der Waals surface area contributed by atoms with Gasteiger partial charge in [0, 0.05) is 24.5 Å². The molecule has 0 heterocycles. The molecule has 4 aromatic carbocycles. The van der Waals surface area contributed by atoms with Crippen LogP contribution in [-0.2, 0) is 16.2 Å². The number of sulfonamides is 1. The van der Waals surface area contributed by atoms with Gasteiger partial charge in [-0.2, -0.15) is 13.2 Å². The quantitative estimate of drug-likeness (QED) is 0.232. The average molecular weight is 570 g/mol. The second kappa shape index (κ2) is 12.2. The Labute approximate surface area is 230 Å². The van der Waals surface area contributed by atoms with Gasteiger partial charge in [0.2, 0.25) is 10.0 Å². The molecule has 0 radical (unpaired) electrons. The van der Waals surface area contributed by atoms with Crippen molar-refractivity contribution in [3.8, 4) is 11.5 Å². The van der Waals surface area contributed by atoms with E-state index in [-0.39, 0.29) is 13.1 Å². The van der Waals surface area contributed by atoms with E-state index in [0.717, 1.165) is 23.8 Å². The minimum atomic E-state index is -4.69. The van der Waals surface area contributed by atoms with Crippen LogP contribution in [0.2, 0.25) is 0 Å². The van der Waals surface area contributed by atoms with E-state index in [1.807, 2.05) is 31.2 Å². The summed E-state index contributed by atoms with van der Waals surface area (Å²) >= 11 is 0. The van der Waals surface area contributed by atoms with Gasteiger partial charge < -0.3 is 10.1 Å². The summed E-state index contributed by atoms with van der Waals surface area (Å²) in [6, 6.07) is 25.9. The molecular formula is C29H26F3N3O4S. The molecule has 11 heteroatoms. The Morgan fingerprint density at radius 1 is 0.850 bits per heavy atom. The lowest BCUT2D eigenvalue weighted by Gasteiger charge is -2.24. The van der Waals surface area contributed by atoms with Crippen LogP contribution in [0.25, 0.3) is 0 Å². The maximum absolute atomic E-state index is 13.3. The molecule has 0 aliphatic rings. The Bertz CT molecular complexity index is 1560. The zero-order chi connectivity index (χ0) is 28.8. The second-order valence-corrected chi connectivity index (χ2v) is 10.6. The lowest BCUT2D eigenvalue weighted by Crippen LogP contribution is -2.41. The molecule has 0 unspecified atom stereocenters. The minimum absolute atomic E-state index is 0.116. The summed E-state index contributed by atoms with van der Waals surface area (Å²) in [7, 11) is -4.28. The topological polar surface area (TPSA) is 87.7 Å². The van der Waals surface area contributed by atoms with Crippen LogP contribution >= 0.6 is 0 Å². The van der Waals surface area contributed by atoms with Crippen LogP contribution in [0, 0.1) is 6.92 Å². The fourth-order valence-electron chi connectivity index (χ4n) is 3.80. The Kier molecular flexibility index (Phi) is 8.76. The van der Waals surface area contributed by atoms with E-state index in [2.05, 4.69) is 10.0 Å². The molecule has 2 N–H and O–H groups in total. The number of anilines is 2. The number of ether oxygens (including phenoxy) is 1. The lowest BCUT2D eigenvalue weighted by molar-refractivity contribution is -0.137. The van der Waals surface area contributed by atoms with Gasteiger partial charge in [-0.15, -0.1) is 0 Å². The summed E-state index contributed by atoms with van der Waals surface area (Å²) in [4.78, 5) is 14.1. The summed E-state index contributed by atoms with van der Waals surface area (Å²) in [6.45, 7) is 1.50. The van der Waals surface area contributed by atoms with E-state index in [0.29, 0.717) is 28.9 Å². The SMILES string of the molecule is Cc1cccc(NC(=O)N(CCNS(=O)(=O)c2cccc(C(F)(F)F)c2)c2ccc(Oc3ccccc3)cc2)c1. The van der Waals surface area contributed by atoms with Crippen LogP contribution in [0.4, 0.5) is 29.3 Å². The minimum Gasteiger partial charge on any atom is -0.457 e. The van der Waals surface area contributed by atoms with E-state index in [1.165, 1.54) is 4.90 Å². The number of benzene rings is 4. The molecule has 0 saturated carbocycles. The first kappa shape index (κ1) is 28.7. The number of hydrogen-bond donors (Lipinski definition) is 2. The molecule has 40 heavy (non-hydrogen) atoms. The van der Waals surface area contributed by atoms with Gasteiger partial charge in [-0.05, 0) is 79.2 Å². The Morgan fingerprint density at radius 2 is 1.52 bits per heavy atom. The smallest absolute Gasteiger partial charge is 0.416 e. The van der Waals surface area contributed by atoms with Gasteiger partial charge in [0.15, 0.2) is 0 Å². The molecule has 2 amide bonds. The number of alkyl halides is 3. The summed E-state index contributed by atoms with van der Waals surface area (Å²) in [5.41, 5.74) is 0.848. The number of rotatable bonds is 9. The summed E-state index contributed by atoms with van der Waals surface area (Å²) in [6.07, 6.45) is -4.69. The normalized spacial score (nSPS) is 11.6. The Morgan fingerprint density at radius 3 is 2.20 bits per heavy atom. The molecule has 208 valence electrons.